The van der Waals surface area contributed by atoms with Crippen LogP contribution in [0.5, 0.6) is 17.2 Å². The van der Waals surface area contributed by atoms with Crippen LogP contribution >= 0.6 is 0 Å². The number of hydrogen-bond acceptors (Lipinski definition) is 6. The molecule has 1 N–H and O–H groups in total. The van der Waals surface area contributed by atoms with Gasteiger partial charge in [-0.3, -0.25) is 9.59 Å². The Labute approximate surface area is 216 Å². The normalized spacial score (nSPS) is 16.9. The van der Waals surface area contributed by atoms with E-state index in [9.17, 15) is 14.7 Å². The van der Waals surface area contributed by atoms with E-state index in [0.717, 1.165) is 0 Å². The third-order valence-electron chi connectivity index (χ3n) is 5.94. The fourth-order valence-corrected chi connectivity index (χ4v) is 4.33. The van der Waals surface area contributed by atoms with Crippen LogP contribution < -0.4 is 9.47 Å². The number of carbonyl (C=O) groups is 2. The van der Waals surface area contributed by atoms with E-state index in [4.69, 9.17) is 14.2 Å². The molecule has 7 heteroatoms. The predicted molar refractivity (Wildman–Crippen MR) is 141 cm³/mol. The van der Waals surface area contributed by atoms with Crippen LogP contribution in [0.2, 0.25) is 0 Å². The summed E-state index contributed by atoms with van der Waals surface area (Å²) in [5.41, 5.74) is 1.12. The fourth-order valence-electron chi connectivity index (χ4n) is 4.33. The lowest BCUT2D eigenvalue weighted by Gasteiger charge is -2.25. The zero-order chi connectivity index (χ0) is 26.4. The number of amides is 1. The molecule has 0 radical (unpaired) electrons. The van der Waals surface area contributed by atoms with Gasteiger partial charge in [-0.05, 0) is 74.4 Å². The fraction of sp³-hybridized carbons (Fsp3) is 0.267. The molecule has 1 aliphatic rings. The molecule has 37 heavy (non-hydrogen) atoms. The highest BCUT2D eigenvalue weighted by molar-refractivity contribution is 6.46. The van der Waals surface area contributed by atoms with Gasteiger partial charge in [0.2, 0.25) is 0 Å². The van der Waals surface area contributed by atoms with Gasteiger partial charge in [0, 0.05) is 25.8 Å². The zero-order valence-corrected chi connectivity index (χ0v) is 21.2. The van der Waals surface area contributed by atoms with Crippen molar-refractivity contribution in [1.29, 1.82) is 0 Å². The van der Waals surface area contributed by atoms with E-state index in [2.05, 4.69) is 0 Å². The molecule has 1 heterocycles. The number of nitrogens with zero attached hydrogens (tertiary/aromatic N) is 1. The maximum absolute atomic E-state index is 13.2. The van der Waals surface area contributed by atoms with Crippen molar-refractivity contribution in [2.75, 3.05) is 20.3 Å². The average molecular weight is 502 g/mol. The molecule has 0 saturated carbocycles. The van der Waals surface area contributed by atoms with Crippen LogP contribution in [-0.2, 0) is 14.3 Å². The first kappa shape index (κ1) is 26.0. The van der Waals surface area contributed by atoms with Crippen LogP contribution in [0.25, 0.3) is 5.76 Å². The number of hydrogen-bond donors (Lipinski definition) is 1. The van der Waals surface area contributed by atoms with E-state index in [-0.39, 0.29) is 17.4 Å². The van der Waals surface area contributed by atoms with Crippen LogP contribution in [-0.4, -0.2) is 48.1 Å². The molecular weight excluding hydrogens is 470 g/mol. The SMILES string of the molecule is COCCCN1C(=O)C(=O)/C(=C(/O)c2ccc(OC(C)C)cc2)C1c1cccc(Oc2ccccc2)c1. The molecule has 1 amide bonds. The Hall–Kier alpha value is -4.10. The van der Waals surface area contributed by atoms with E-state index < -0.39 is 17.7 Å². The lowest BCUT2D eigenvalue weighted by Crippen LogP contribution is -2.31. The Morgan fingerprint density at radius 3 is 2.30 bits per heavy atom. The monoisotopic (exact) mass is 501 g/mol. The number of para-hydroxylation sites is 1. The van der Waals surface area contributed by atoms with E-state index in [1.165, 1.54) is 4.90 Å². The molecule has 1 fully saturated rings. The molecule has 1 aliphatic heterocycles. The summed E-state index contributed by atoms with van der Waals surface area (Å²) in [6, 6.07) is 22.6. The maximum Gasteiger partial charge on any atom is 0.295 e. The minimum atomic E-state index is -0.775. The third-order valence-corrected chi connectivity index (χ3v) is 5.94. The van der Waals surface area contributed by atoms with Gasteiger partial charge in [0.25, 0.3) is 11.7 Å². The summed E-state index contributed by atoms with van der Waals surface area (Å²) in [4.78, 5) is 27.8. The molecule has 1 saturated heterocycles. The summed E-state index contributed by atoms with van der Waals surface area (Å²) in [6.45, 7) is 4.58. The molecule has 7 nitrogen and oxygen atoms in total. The number of ketones is 1. The highest BCUT2D eigenvalue weighted by Gasteiger charge is 2.45. The van der Waals surface area contributed by atoms with Gasteiger partial charge in [-0.25, -0.2) is 0 Å². The lowest BCUT2D eigenvalue weighted by atomic mass is 9.95. The quantitative estimate of drug-likeness (QED) is 0.165. The van der Waals surface area contributed by atoms with Gasteiger partial charge < -0.3 is 24.2 Å². The number of aliphatic hydroxyl groups is 1. The van der Waals surface area contributed by atoms with Gasteiger partial charge in [0.15, 0.2) is 0 Å². The lowest BCUT2D eigenvalue weighted by molar-refractivity contribution is -0.140. The van der Waals surface area contributed by atoms with E-state index in [1.54, 1.807) is 49.6 Å². The predicted octanol–water partition coefficient (Wildman–Crippen LogP) is 5.72. The van der Waals surface area contributed by atoms with Crippen molar-refractivity contribution >= 4 is 17.4 Å². The zero-order valence-electron chi connectivity index (χ0n) is 21.2. The molecule has 0 aromatic heterocycles. The summed E-state index contributed by atoms with van der Waals surface area (Å²) in [5, 5.41) is 11.3. The van der Waals surface area contributed by atoms with Gasteiger partial charge in [0.05, 0.1) is 17.7 Å². The smallest absolute Gasteiger partial charge is 0.295 e. The van der Waals surface area contributed by atoms with E-state index in [1.807, 2.05) is 50.2 Å². The first-order chi connectivity index (χ1) is 17.9. The summed E-state index contributed by atoms with van der Waals surface area (Å²) in [6.07, 6.45) is 0.545. The van der Waals surface area contributed by atoms with Gasteiger partial charge in [-0.15, -0.1) is 0 Å². The molecule has 3 aromatic rings. The number of methoxy groups -OCH3 is 1. The second-order valence-electron chi connectivity index (χ2n) is 9.02. The summed E-state index contributed by atoms with van der Waals surface area (Å²) in [5.74, 6) is 0.254. The minimum Gasteiger partial charge on any atom is -0.507 e. The Morgan fingerprint density at radius 2 is 1.62 bits per heavy atom. The Morgan fingerprint density at radius 1 is 0.919 bits per heavy atom. The Balaban J connectivity index is 1.75. The molecule has 0 spiro atoms. The summed E-state index contributed by atoms with van der Waals surface area (Å²) < 4.78 is 16.8. The molecular formula is C30H31NO6. The molecule has 1 atom stereocenters. The van der Waals surface area contributed by atoms with E-state index >= 15 is 0 Å². The van der Waals surface area contributed by atoms with Crippen molar-refractivity contribution in [3.63, 3.8) is 0 Å². The number of likely N-dealkylation sites (tertiary alicyclic amines) is 1. The Kier molecular flexibility index (Phi) is 8.25. The molecule has 192 valence electrons. The standard InChI is InChI=1S/C30H31NO6/c1-20(2)36-24-15-13-21(14-16-24)28(32)26-27(31(17-8-18-35-3)30(34)29(26)33)22-9-7-12-25(19-22)37-23-10-5-4-6-11-23/h4-7,9-16,19-20,27,32H,8,17-18H2,1-3H3/b28-26+. The second-order valence-corrected chi connectivity index (χ2v) is 9.02. The summed E-state index contributed by atoms with van der Waals surface area (Å²) in [7, 11) is 1.59. The molecule has 0 bridgehead atoms. The first-order valence-electron chi connectivity index (χ1n) is 12.3. The topological polar surface area (TPSA) is 85.3 Å². The first-order valence-corrected chi connectivity index (χ1v) is 12.3. The van der Waals surface area contributed by atoms with Crippen molar-refractivity contribution in [1.82, 2.24) is 4.90 Å². The highest BCUT2D eigenvalue weighted by atomic mass is 16.5. The highest BCUT2D eigenvalue weighted by Crippen LogP contribution is 2.40. The van der Waals surface area contributed by atoms with Crippen molar-refractivity contribution in [2.24, 2.45) is 0 Å². The third kappa shape index (κ3) is 6.01. The van der Waals surface area contributed by atoms with Gasteiger partial charge in [0.1, 0.15) is 23.0 Å². The number of aliphatic hydroxyl groups excluding tert-OH is 1. The minimum absolute atomic E-state index is 0.00209. The number of benzene rings is 3. The number of carbonyl (C=O) groups excluding carboxylic acids is 2. The average Bonchev–Trinajstić information content (AvgIpc) is 3.14. The number of Topliss-reactive ketones (excluding diaryl/α,β-unsaturated/α-hetero) is 1. The van der Waals surface area contributed by atoms with Crippen LogP contribution in [0.4, 0.5) is 0 Å². The van der Waals surface area contributed by atoms with Crippen molar-refractivity contribution in [2.45, 2.75) is 32.4 Å². The number of rotatable bonds is 10. The molecule has 1 unspecified atom stereocenters. The second kappa shape index (κ2) is 11.8. The van der Waals surface area contributed by atoms with Crippen LogP contribution in [0.1, 0.15) is 37.4 Å². The molecule has 4 rings (SSSR count). The molecule has 3 aromatic carbocycles. The van der Waals surface area contributed by atoms with Gasteiger partial charge in [-0.2, -0.15) is 0 Å². The Bertz CT molecular complexity index is 1270. The van der Waals surface area contributed by atoms with Crippen LogP contribution in [0.15, 0.2) is 84.4 Å². The number of ether oxygens (including phenoxy) is 3. The van der Waals surface area contributed by atoms with Crippen molar-refractivity contribution in [3.05, 3.63) is 95.6 Å². The largest absolute Gasteiger partial charge is 0.507 e. The van der Waals surface area contributed by atoms with Gasteiger partial charge in [-0.1, -0.05) is 30.3 Å². The summed E-state index contributed by atoms with van der Waals surface area (Å²) >= 11 is 0. The maximum atomic E-state index is 13.2. The molecule has 0 aliphatic carbocycles. The van der Waals surface area contributed by atoms with E-state index in [0.29, 0.717) is 47.9 Å². The van der Waals surface area contributed by atoms with Gasteiger partial charge >= 0.3 is 0 Å². The van der Waals surface area contributed by atoms with Crippen molar-refractivity contribution < 1.29 is 28.9 Å². The van der Waals surface area contributed by atoms with Crippen LogP contribution in [0.3, 0.4) is 0 Å². The van der Waals surface area contributed by atoms with Crippen LogP contribution in [0, 0.1) is 0 Å². The van der Waals surface area contributed by atoms with Crippen molar-refractivity contribution in [3.8, 4) is 17.2 Å².